The maximum atomic E-state index is 12.8. The van der Waals surface area contributed by atoms with Gasteiger partial charge >= 0.3 is 5.97 Å². The maximum absolute atomic E-state index is 12.8. The topological polar surface area (TPSA) is 37.3 Å². The first kappa shape index (κ1) is 10.5. The Morgan fingerprint density at radius 3 is 2.77 bits per heavy atom. The van der Waals surface area contributed by atoms with Gasteiger partial charge in [-0.2, -0.15) is 0 Å². The number of carboxylic acids is 1. The molecule has 0 aromatic heterocycles. The molecule has 0 atom stereocenters. The number of halogens is 3. The molecule has 0 aliphatic rings. The third-order valence-electron chi connectivity index (χ3n) is 1.46. The molecule has 0 spiro atoms. The second kappa shape index (κ2) is 4.07. The minimum absolute atomic E-state index is 0.105. The largest absolute Gasteiger partial charge is 0.481 e. The van der Waals surface area contributed by atoms with Crippen LogP contribution >= 0.6 is 27.5 Å². The summed E-state index contributed by atoms with van der Waals surface area (Å²) in [4.78, 5) is 10.3. The first-order chi connectivity index (χ1) is 6.02. The van der Waals surface area contributed by atoms with Crippen LogP contribution in [0.4, 0.5) is 4.39 Å². The predicted octanol–water partition coefficient (Wildman–Crippen LogP) is 2.87. The summed E-state index contributed by atoms with van der Waals surface area (Å²) in [5.74, 6) is -1.50. The smallest absolute Gasteiger partial charge is 0.307 e. The predicted molar refractivity (Wildman–Crippen MR) is 50.4 cm³/mol. The lowest BCUT2D eigenvalue weighted by Crippen LogP contribution is -2.01. The van der Waals surface area contributed by atoms with E-state index in [-0.39, 0.29) is 15.9 Å². The number of carboxylic acid groups (broad SMARTS) is 1. The van der Waals surface area contributed by atoms with Crippen molar-refractivity contribution in [1.82, 2.24) is 0 Å². The number of carbonyl (C=O) groups is 1. The van der Waals surface area contributed by atoms with Crippen molar-refractivity contribution in [2.75, 3.05) is 0 Å². The van der Waals surface area contributed by atoms with E-state index in [4.69, 9.17) is 16.7 Å². The number of hydrogen-bond acceptors (Lipinski definition) is 1. The molecule has 0 radical (unpaired) electrons. The van der Waals surface area contributed by atoms with Crippen molar-refractivity contribution in [2.24, 2.45) is 0 Å². The Morgan fingerprint density at radius 2 is 2.23 bits per heavy atom. The molecule has 70 valence electrons. The molecule has 0 fully saturated rings. The van der Waals surface area contributed by atoms with E-state index in [1.807, 2.05) is 0 Å². The second-order valence-electron chi connectivity index (χ2n) is 2.40. The Bertz CT molecular complexity index is 354. The summed E-state index contributed by atoms with van der Waals surface area (Å²) >= 11 is 8.61. The molecule has 5 heteroatoms. The molecule has 1 N–H and O–H groups in total. The molecule has 0 saturated heterocycles. The van der Waals surface area contributed by atoms with Crippen LogP contribution in [0.5, 0.6) is 0 Å². The zero-order chi connectivity index (χ0) is 10.0. The minimum atomic E-state index is -1.000. The van der Waals surface area contributed by atoms with Gasteiger partial charge in [0.05, 0.1) is 15.9 Å². The van der Waals surface area contributed by atoms with Gasteiger partial charge in [0, 0.05) is 0 Å². The summed E-state index contributed by atoms with van der Waals surface area (Å²) in [6, 6.07) is 2.53. The monoisotopic (exact) mass is 266 g/mol. The Labute approximate surface area is 87.5 Å². The highest BCUT2D eigenvalue weighted by Gasteiger charge is 2.11. The van der Waals surface area contributed by atoms with E-state index in [1.165, 1.54) is 12.1 Å². The van der Waals surface area contributed by atoms with Gasteiger partial charge in [-0.15, -0.1) is 0 Å². The number of aliphatic carboxylic acids is 1. The molecule has 13 heavy (non-hydrogen) atoms. The minimum Gasteiger partial charge on any atom is -0.481 e. The standard InChI is InChI=1S/C8H5BrClFO2/c9-7-5(11)2-1-4(8(7)10)3-6(12)13/h1-2H,3H2,(H,12,13). The van der Waals surface area contributed by atoms with Gasteiger partial charge in [-0.25, -0.2) is 4.39 Å². The second-order valence-corrected chi connectivity index (χ2v) is 3.58. The quantitative estimate of drug-likeness (QED) is 0.837. The molecular weight excluding hydrogens is 262 g/mol. The summed E-state index contributed by atoms with van der Waals surface area (Å²) in [6.45, 7) is 0. The van der Waals surface area contributed by atoms with Crippen LogP contribution in [0.15, 0.2) is 16.6 Å². The molecule has 0 heterocycles. The highest BCUT2D eigenvalue weighted by Crippen LogP contribution is 2.29. The number of rotatable bonds is 2. The molecule has 0 aliphatic carbocycles. The van der Waals surface area contributed by atoms with Crippen LogP contribution in [0.25, 0.3) is 0 Å². The third-order valence-corrected chi connectivity index (χ3v) is 2.89. The molecule has 0 amide bonds. The average molecular weight is 267 g/mol. The third kappa shape index (κ3) is 2.42. The Morgan fingerprint density at radius 1 is 1.62 bits per heavy atom. The number of hydrogen-bond donors (Lipinski definition) is 1. The molecule has 2 nitrogen and oxygen atoms in total. The highest BCUT2D eigenvalue weighted by molar-refractivity contribution is 9.10. The van der Waals surface area contributed by atoms with Crippen molar-refractivity contribution in [3.63, 3.8) is 0 Å². The first-order valence-electron chi connectivity index (χ1n) is 3.36. The van der Waals surface area contributed by atoms with E-state index >= 15 is 0 Å². The summed E-state index contributed by atoms with van der Waals surface area (Å²) in [6.07, 6.45) is -0.211. The van der Waals surface area contributed by atoms with Gasteiger partial charge in [0.2, 0.25) is 0 Å². The van der Waals surface area contributed by atoms with Crippen molar-refractivity contribution >= 4 is 33.5 Å². The maximum Gasteiger partial charge on any atom is 0.307 e. The van der Waals surface area contributed by atoms with E-state index in [0.717, 1.165) is 0 Å². The zero-order valence-electron chi connectivity index (χ0n) is 6.35. The molecule has 0 saturated carbocycles. The van der Waals surface area contributed by atoms with Gasteiger partial charge in [0.25, 0.3) is 0 Å². The fraction of sp³-hybridized carbons (Fsp3) is 0.125. The van der Waals surface area contributed by atoms with Gasteiger partial charge in [-0.3, -0.25) is 4.79 Å². The highest BCUT2D eigenvalue weighted by atomic mass is 79.9. The Kier molecular flexibility index (Phi) is 3.27. The lowest BCUT2D eigenvalue weighted by Gasteiger charge is -2.03. The van der Waals surface area contributed by atoms with E-state index in [9.17, 15) is 9.18 Å². The van der Waals surface area contributed by atoms with Crippen molar-refractivity contribution in [1.29, 1.82) is 0 Å². The first-order valence-corrected chi connectivity index (χ1v) is 4.53. The molecule has 0 aliphatic heterocycles. The average Bonchev–Trinajstić information content (AvgIpc) is 2.06. The van der Waals surface area contributed by atoms with Crippen LogP contribution in [0.2, 0.25) is 5.02 Å². The summed E-state index contributed by atoms with van der Waals surface area (Å²) in [7, 11) is 0. The van der Waals surface area contributed by atoms with Gasteiger partial charge in [-0.1, -0.05) is 17.7 Å². The zero-order valence-corrected chi connectivity index (χ0v) is 8.69. The van der Waals surface area contributed by atoms with Crippen molar-refractivity contribution < 1.29 is 14.3 Å². The van der Waals surface area contributed by atoms with Gasteiger partial charge in [0.1, 0.15) is 5.82 Å². The summed E-state index contributed by atoms with van der Waals surface area (Å²) in [5.41, 5.74) is 0.391. The fourth-order valence-corrected chi connectivity index (χ4v) is 1.47. The van der Waals surface area contributed by atoms with Crippen LogP contribution in [0.1, 0.15) is 5.56 Å². The van der Waals surface area contributed by atoms with Crippen LogP contribution in [0, 0.1) is 5.82 Å². The van der Waals surface area contributed by atoms with E-state index in [2.05, 4.69) is 15.9 Å². The van der Waals surface area contributed by atoms with E-state index in [0.29, 0.717) is 5.56 Å². The molecular formula is C8H5BrClFO2. The van der Waals surface area contributed by atoms with Crippen LogP contribution in [-0.4, -0.2) is 11.1 Å². The Balaban J connectivity index is 3.10. The SMILES string of the molecule is O=C(O)Cc1ccc(F)c(Br)c1Cl. The summed E-state index contributed by atoms with van der Waals surface area (Å²) < 4.78 is 12.9. The van der Waals surface area contributed by atoms with E-state index < -0.39 is 11.8 Å². The lowest BCUT2D eigenvalue weighted by atomic mass is 10.1. The van der Waals surface area contributed by atoms with Gasteiger partial charge in [0.15, 0.2) is 0 Å². The van der Waals surface area contributed by atoms with Crippen molar-refractivity contribution in [3.8, 4) is 0 Å². The van der Waals surface area contributed by atoms with Gasteiger partial charge < -0.3 is 5.11 Å². The van der Waals surface area contributed by atoms with E-state index in [1.54, 1.807) is 0 Å². The van der Waals surface area contributed by atoms with Crippen LogP contribution in [-0.2, 0) is 11.2 Å². The number of benzene rings is 1. The van der Waals surface area contributed by atoms with Gasteiger partial charge in [-0.05, 0) is 27.6 Å². The molecule has 1 aromatic carbocycles. The Hall–Kier alpha value is -0.610. The van der Waals surface area contributed by atoms with Crippen LogP contribution in [0.3, 0.4) is 0 Å². The van der Waals surface area contributed by atoms with Crippen LogP contribution < -0.4 is 0 Å². The molecule has 1 aromatic rings. The summed E-state index contributed by atoms with van der Waals surface area (Å²) in [5, 5.41) is 8.60. The van der Waals surface area contributed by atoms with Crippen molar-refractivity contribution in [2.45, 2.75) is 6.42 Å². The molecule has 1 rings (SSSR count). The molecule has 0 bridgehead atoms. The van der Waals surface area contributed by atoms with Crippen molar-refractivity contribution in [3.05, 3.63) is 33.0 Å². The molecule has 0 unspecified atom stereocenters. The normalized spacial score (nSPS) is 10.1. The lowest BCUT2D eigenvalue weighted by molar-refractivity contribution is -0.136. The fourth-order valence-electron chi connectivity index (χ4n) is 0.865.